The first-order valence-corrected chi connectivity index (χ1v) is 10.3. The largest absolute Gasteiger partial charge is 0.381 e. The molecular weight excluding hydrogens is 362 g/mol. The number of morpholine rings is 1. The van der Waals surface area contributed by atoms with Crippen LogP contribution in [0.15, 0.2) is 18.2 Å². The van der Waals surface area contributed by atoms with Crippen molar-refractivity contribution in [1.82, 2.24) is 4.98 Å². The van der Waals surface area contributed by atoms with E-state index in [0.29, 0.717) is 31.6 Å². The van der Waals surface area contributed by atoms with Crippen LogP contribution in [0.2, 0.25) is 0 Å². The molecule has 2 N–H and O–H groups in total. The minimum atomic E-state index is 0.0409. The Hall–Kier alpha value is -1.96. The van der Waals surface area contributed by atoms with E-state index >= 15 is 0 Å². The Morgan fingerprint density at radius 3 is 2.52 bits per heavy atom. The molecule has 2 fully saturated rings. The third kappa shape index (κ3) is 4.00. The molecule has 4 rings (SSSR count). The number of anilines is 2. The second-order valence-electron chi connectivity index (χ2n) is 7.09. The lowest BCUT2D eigenvalue weighted by atomic mass is 9.89. The number of nitrogens with two attached hydrogens (primary N) is 1. The van der Waals surface area contributed by atoms with Gasteiger partial charge >= 0.3 is 0 Å². The number of Topliss-reactive ketones (excluding diaryl/α,β-unsaturated/α-hetero) is 1. The minimum absolute atomic E-state index is 0.0409. The fraction of sp³-hybridized carbons (Fsp3) is 0.500. The molecule has 0 saturated carbocycles. The van der Waals surface area contributed by atoms with E-state index in [4.69, 9.17) is 15.2 Å². The molecule has 2 aliphatic rings. The molecule has 0 unspecified atom stereocenters. The minimum Gasteiger partial charge on any atom is -0.381 e. The molecule has 2 aromatic rings. The number of thiazole rings is 1. The Morgan fingerprint density at radius 1 is 1.15 bits per heavy atom. The van der Waals surface area contributed by atoms with Crippen molar-refractivity contribution in [2.24, 2.45) is 5.92 Å². The molecular formula is C20H25N3O3S. The zero-order valence-corrected chi connectivity index (χ0v) is 16.4. The summed E-state index contributed by atoms with van der Waals surface area (Å²) in [4.78, 5) is 20.8. The number of carbonyl (C=O) groups excluding carboxylic acids is 1. The van der Waals surface area contributed by atoms with Gasteiger partial charge in [0, 0.05) is 43.5 Å². The molecule has 0 bridgehead atoms. The van der Waals surface area contributed by atoms with E-state index in [1.165, 1.54) is 11.3 Å². The molecule has 2 saturated heterocycles. The predicted molar refractivity (Wildman–Crippen MR) is 108 cm³/mol. The van der Waals surface area contributed by atoms with Gasteiger partial charge in [-0.1, -0.05) is 11.3 Å². The van der Waals surface area contributed by atoms with Crippen LogP contribution in [0.4, 0.5) is 10.8 Å². The van der Waals surface area contributed by atoms with Gasteiger partial charge in [-0.2, -0.15) is 0 Å². The molecule has 0 spiro atoms. The Bertz CT molecular complexity index is 824. The second-order valence-corrected chi connectivity index (χ2v) is 8.12. The Labute approximate surface area is 163 Å². The third-order valence-electron chi connectivity index (χ3n) is 5.25. The molecule has 0 atom stereocenters. The summed E-state index contributed by atoms with van der Waals surface area (Å²) >= 11 is 1.47. The summed E-state index contributed by atoms with van der Waals surface area (Å²) in [6.07, 6.45) is 1.59. The lowest BCUT2D eigenvalue weighted by molar-refractivity contribution is 0.0545. The van der Waals surface area contributed by atoms with Crippen molar-refractivity contribution in [2.45, 2.75) is 19.8 Å². The molecule has 6 nitrogen and oxygen atoms in total. The number of rotatable bonds is 4. The third-order valence-corrected chi connectivity index (χ3v) is 6.28. The highest BCUT2D eigenvalue weighted by atomic mass is 32.1. The molecule has 144 valence electrons. The number of ether oxygens (including phenoxy) is 2. The molecule has 0 aliphatic carbocycles. The fourth-order valence-electron chi connectivity index (χ4n) is 3.77. The highest BCUT2D eigenvalue weighted by Gasteiger charge is 2.25. The number of aryl methyl sites for hydroxylation is 1. The zero-order chi connectivity index (χ0) is 18.8. The molecule has 0 radical (unpaired) electrons. The van der Waals surface area contributed by atoms with Gasteiger partial charge in [0.15, 0.2) is 10.9 Å². The monoisotopic (exact) mass is 387 g/mol. The van der Waals surface area contributed by atoms with Crippen molar-refractivity contribution >= 4 is 27.9 Å². The van der Waals surface area contributed by atoms with Crippen molar-refractivity contribution < 1.29 is 14.3 Å². The van der Waals surface area contributed by atoms with E-state index in [9.17, 15) is 4.79 Å². The first-order chi connectivity index (χ1) is 13.1. The molecule has 2 aliphatic heterocycles. The highest BCUT2D eigenvalue weighted by Crippen LogP contribution is 2.35. The number of aromatic nitrogens is 1. The second kappa shape index (κ2) is 7.96. The van der Waals surface area contributed by atoms with Crippen LogP contribution < -0.4 is 10.6 Å². The lowest BCUT2D eigenvalue weighted by Crippen LogP contribution is -2.36. The van der Waals surface area contributed by atoms with E-state index in [2.05, 4.69) is 16.0 Å². The van der Waals surface area contributed by atoms with Crippen LogP contribution in [-0.2, 0) is 9.47 Å². The van der Waals surface area contributed by atoms with E-state index in [1.807, 2.05) is 19.1 Å². The fourth-order valence-corrected chi connectivity index (χ4v) is 4.59. The van der Waals surface area contributed by atoms with E-state index in [-0.39, 0.29) is 11.7 Å². The van der Waals surface area contributed by atoms with Crippen molar-refractivity contribution in [3.05, 3.63) is 29.5 Å². The van der Waals surface area contributed by atoms with Gasteiger partial charge in [-0.15, -0.1) is 0 Å². The number of nitrogen functional groups attached to an aromatic ring is 1. The molecule has 0 amide bonds. The number of nitrogens with zero attached hydrogens (tertiary/aromatic N) is 2. The maximum atomic E-state index is 13.2. The summed E-state index contributed by atoms with van der Waals surface area (Å²) in [5.74, 6) is 0.254. The van der Waals surface area contributed by atoms with E-state index in [0.717, 1.165) is 53.3 Å². The molecule has 1 aromatic heterocycles. The summed E-state index contributed by atoms with van der Waals surface area (Å²) in [6.45, 7) is 6.37. The maximum Gasteiger partial charge on any atom is 0.180 e. The number of hydrogen-bond donors (Lipinski definition) is 1. The van der Waals surface area contributed by atoms with E-state index < -0.39 is 0 Å². The van der Waals surface area contributed by atoms with Gasteiger partial charge in [-0.3, -0.25) is 4.79 Å². The summed E-state index contributed by atoms with van der Waals surface area (Å²) in [7, 11) is 0. The van der Waals surface area contributed by atoms with Gasteiger partial charge in [0.05, 0.1) is 23.8 Å². The van der Waals surface area contributed by atoms with Gasteiger partial charge in [0.25, 0.3) is 0 Å². The van der Waals surface area contributed by atoms with Gasteiger partial charge in [0.1, 0.15) is 0 Å². The maximum absolute atomic E-state index is 13.2. The Morgan fingerprint density at radius 2 is 1.85 bits per heavy atom. The van der Waals surface area contributed by atoms with Crippen LogP contribution in [-0.4, -0.2) is 50.3 Å². The number of benzene rings is 1. The van der Waals surface area contributed by atoms with Gasteiger partial charge in [0.2, 0.25) is 0 Å². The van der Waals surface area contributed by atoms with Crippen LogP contribution in [0, 0.1) is 12.8 Å². The van der Waals surface area contributed by atoms with Crippen LogP contribution in [0.25, 0.3) is 10.4 Å². The average molecular weight is 388 g/mol. The van der Waals surface area contributed by atoms with Gasteiger partial charge in [-0.25, -0.2) is 4.98 Å². The zero-order valence-electron chi connectivity index (χ0n) is 15.6. The number of ketones is 1. The highest BCUT2D eigenvalue weighted by molar-refractivity contribution is 7.18. The quantitative estimate of drug-likeness (QED) is 0.812. The summed E-state index contributed by atoms with van der Waals surface area (Å²) < 4.78 is 10.9. The topological polar surface area (TPSA) is 77.7 Å². The number of hydrogen-bond acceptors (Lipinski definition) is 7. The molecule has 1 aromatic carbocycles. The summed E-state index contributed by atoms with van der Waals surface area (Å²) in [6, 6.07) is 6.18. The average Bonchev–Trinajstić information content (AvgIpc) is 3.06. The van der Waals surface area contributed by atoms with Crippen LogP contribution >= 0.6 is 11.3 Å². The van der Waals surface area contributed by atoms with Crippen LogP contribution in [0.3, 0.4) is 0 Å². The normalized spacial score (nSPS) is 18.6. The first kappa shape index (κ1) is 18.4. The van der Waals surface area contributed by atoms with Gasteiger partial charge in [-0.05, 0) is 43.5 Å². The van der Waals surface area contributed by atoms with E-state index in [1.54, 1.807) is 0 Å². The summed E-state index contributed by atoms with van der Waals surface area (Å²) in [5, 5.41) is 0.552. The SMILES string of the molecule is Cc1nc(N)sc1-c1cc(C(=O)C2CCOCC2)cc(N2CCOCC2)c1. The van der Waals surface area contributed by atoms with Crippen molar-refractivity contribution in [3.8, 4) is 10.4 Å². The predicted octanol–water partition coefficient (Wildman–Crippen LogP) is 3.15. The lowest BCUT2D eigenvalue weighted by Gasteiger charge is -2.30. The molecule has 3 heterocycles. The smallest absolute Gasteiger partial charge is 0.180 e. The molecule has 27 heavy (non-hydrogen) atoms. The number of carbonyl (C=O) groups is 1. The van der Waals surface area contributed by atoms with Gasteiger partial charge < -0.3 is 20.1 Å². The van der Waals surface area contributed by atoms with Crippen LogP contribution in [0.1, 0.15) is 28.9 Å². The van der Waals surface area contributed by atoms with Crippen molar-refractivity contribution in [1.29, 1.82) is 0 Å². The molecule has 7 heteroatoms. The van der Waals surface area contributed by atoms with Crippen LogP contribution in [0.5, 0.6) is 0 Å². The first-order valence-electron chi connectivity index (χ1n) is 9.45. The Balaban J connectivity index is 1.73. The van der Waals surface area contributed by atoms with Crippen molar-refractivity contribution in [2.75, 3.05) is 50.2 Å². The Kier molecular flexibility index (Phi) is 5.43. The van der Waals surface area contributed by atoms with Crippen molar-refractivity contribution in [3.63, 3.8) is 0 Å². The standard InChI is InChI=1S/C20H25N3O3S/c1-13-19(27-20(21)22-13)16-10-15(18(24)14-2-6-25-7-3-14)11-17(12-16)23-4-8-26-9-5-23/h10-12,14H,2-9H2,1H3,(H2,21,22). The summed E-state index contributed by atoms with van der Waals surface area (Å²) in [5.41, 5.74) is 9.67.